The second-order valence-corrected chi connectivity index (χ2v) is 12.4. The molecule has 3 unspecified atom stereocenters. The molecule has 3 fully saturated rings. The van der Waals surface area contributed by atoms with E-state index in [0.717, 1.165) is 47.3 Å². The first-order valence-electron chi connectivity index (χ1n) is 17.4. The lowest BCUT2D eigenvalue weighted by atomic mass is 9.74. The molecular formula is C38H84O3. The normalized spacial score (nSPS) is 17.8. The first-order valence-corrected chi connectivity index (χ1v) is 17.4. The largest absolute Gasteiger partial charge is 0.395 e. The molecule has 3 aliphatic carbocycles. The Labute approximate surface area is 263 Å². The topological polar surface area (TPSA) is 43.4 Å². The van der Waals surface area contributed by atoms with Crippen molar-refractivity contribution in [3.8, 4) is 0 Å². The fourth-order valence-corrected chi connectivity index (χ4v) is 3.38. The van der Waals surface area contributed by atoms with E-state index < -0.39 is 5.97 Å². The summed E-state index contributed by atoms with van der Waals surface area (Å²) in [5.74, 6) is 7.46. The first-order chi connectivity index (χ1) is 18.8. The average molecular weight is 589 g/mol. The molecule has 3 rings (SSSR count). The van der Waals surface area contributed by atoms with E-state index in [1.165, 1.54) is 38.5 Å². The van der Waals surface area contributed by atoms with Gasteiger partial charge in [0.05, 0.1) is 0 Å². The van der Waals surface area contributed by atoms with Crippen LogP contribution in [-0.4, -0.2) is 12.4 Å². The Morgan fingerprint density at radius 2 is 1.05 bits per heavy atom. The number of carbonyl (C=O) groups is 2. The van der Waals surface area contributed by atoms with Gasteiger partial charge in [-0.1, -0.05) is 164 Å². The molecule has 0 aromatic heterocycles. The van der Waals surface area contributed by atoms with E-state index in [-0.39, 0.29) is 20.3 Å². The summed E-state index contributed by atoms with van der Waals surface area (Å²) in [6.07, 6.45) is 12.9. The van der Waals surface area contributed by atoms with Crippen molar-refractivity contribution >= 4 is 12.4 Å². The fraction of sp³-hybridized carbons (Fsp3) is 0.947. The van der Waals surface area contributed by atoms with Gasteiger partial charge in [0.1, 0.15) is 0 Å². The number of hydrogen-bond donors (Lipinski definition) is 0. The smallest absolute Gasteiger partial charge is 0.312 e. The van der Waals surface area contributed by atoms with Gasteiger partial charge in [-0.25, -0.2) is 0 Å². The molecule has 0 aromatic carbocycles. The van der Waals surface area contributed by atoms with Crippen LogP contribution >= 0.6 is 0 Å². The molecule has 3 nitrogen and oxygen atoms in total. The van der Waals surface area contributed by atoms with Crippen LogP contribution in [0.15, 0.2) is 0 Å². The molecule has 0 N–H and O–H groups in total. The number of fused-ring (bicyclic) bond motifs is 1. The minimum atomic E-state index is -0.491. The highest BCUT2D eigenvalue weighted by atomic mass is 16.6. The maximum atomic E-state index is 9.96. The lowest BCUT2D eigenvalue weighted by molar-refractivity contribution is -0.151. The van der Waals surface area contributed by atoms with E-state index in [1.807, 2.05) is 13.8 Å². The van der Waals surface area contributed by atoms with Crippen LogP contribution in [0.4, 0.5) is 0 Å². The second-order valence-electron chi connectivity index (χ2n) is 12.4. The van der Waals surface area contributed by atoms with Crippen LogP contribution in [-0.2, 0) is 14.3 Å². The van der Waals surface area contributed by atoms with Crippen molar-refractivity contribution in [1.82, 2.24) is 0 Å². The van der Waals surface area contributed by atoms with Gasteiger partial charge in [0.25, 0.3) is 0 Å². The van der Waals surface area contributed by atoms with Crippen LogP contribution in [0, 0.1) is 47.3 Å². The summed E-state index contributed by atoms with van der Waals surface area (Å²) in [6, 6.07) is 0. The lowest BCUT2D eigenvalue weighted by Gasteiger charge is -2.31. The van der Waals surface area contributed by atoms with E-state index in [0.29, 0.717) is 0 Å². The predicted octanol–water partition coefficient (Wildman–Crippen LogP) is 13.4. The zero-order valence-electron chi connectivity index (χ0n) is 31.0. The Kier molecular flexibility index (Phi) is 50.4. The molecule has 3 saturated carbocycles. The van der Waals surface area contributed by atoms with Gasteiger partial charge in [0.2, 0.25) is 0 Å². The highest BCUT2D eigenvalue weighted by molar-refractivity contribution is 5.75. The van der Waals surface area contributed by atoms with Crippen LogP contribution in [0.1, 0.15) is 189 Å². The Morgan fingerprint density at radius 1 is 0.707 bits per heavy atom. The molecule has 0 aliphatic heterocycles. The molecule has 0 amide bonds. The quantitative estimate of drug-likeness (QED) is 0.153. The third-order valence-corrected chi connectivity index (χ3v) is 8.86. The summed E-state index contributed by atoms with van der Waals surface area (Å²) in [4.78, 5) is 19.3. The molecule has 41 heavy (non-hydrogen) atoms. The van der Waals surface area contributed by atoms with Gasteiger partial charge < -0.3 is 4.74 Å². The van der Waals surface area contributed by atoms with Crippen LogP contribution in [0.5, 0.6) is 0 Å². The van der Waals surface area contributed by atoms with E-state index in [4.69, 9.17) is 0 Å². The summed E-state index contributed by atoms with van der Waals surface area (Å²) < 4.78 is 3.87. The third kappa shape index (κ3) is 39.1. The maximum Gasteiger partial charge on any atom is 0.312 e. The number of esters is 1. The standard InChI is InChI=1S/C7H12.C7H16.2C6H14.C5H12.C4H6O3.C2H6.CH4/c1-5-6-2-3-7(5)4-6;1-5-7(4)6(2)3;2*1-4-6(3)5-2;1-4-5(2)3;1-2-4(6)7-3-5;1-2;/h5-7H,2-4H2,1H3;6-7H,5H2,1-4H3;2*6H,4-5H2,1-3H3;5H,4H2,1-3H3;3H,2H2,1H3;1-2H3;1H4. The van der Waals surface area contributed by atoms with E-state index in [9.17, 15) is 9.59 Å². The average Bonchev–Trinajstić information content (AvgIpc) is 3.63. The molecule has 0 saturated heterocycles. The number of ether oxygens (including phenoxy) is 1. The van der Waals surface area contributed by atoms with E-state index in [2.05, 4.69) is 102 Å². The van der Waals surface area contributed by atoms with Crippen molar-refractivity contribution in [3.63, 3.8) is 0 Å². The van der Waals surface area contributed by atoms with Crippen molar-refractivity contribution in [2.24, 2.45) is 47.3 Å². The third-order valence-electron chi connectivity index (χ3n) is 8.86. The molecular weight excluding hydrogens is 504 g/mol. The van der Waals surface area contributed by atoms with Gasteiger partial charge in [-0.2, -0.15) is 0 Å². The molecule has 3 heteroatoms. The molecule has 0 radical (unpaired) electrons. The number of carbonyl (C=O) groups excluding carboxylic acids is 2. The summed E-state index contributed by atoms with van der Waals surface area (Å²) in [6.45, 7) is 37.4. The van der Waals surface area contributed by atoms with Gasteiger partial charge >= 0.3 is 12.4 Å². The van der Waals surface area contributed by atoms with Crippen LogP contribution in [0.3, 0.4) is 0 Å². The van der Waals surface area contributed by atoms with E-state index in [1.54, 1.807) is 26.2 Å². The van der Waals surface area contributed by atoms with Gasteiger partial charge in [0, 0.05) is 6.42 Å². The predicted molar refractivity (Wildman–Crippen MR) is 189 cm³/mol. The molecule has 3 aliphatic rings. The minimum absolute atomic E-state index is 0. The lowest BCUT2D eigenvalue weighted by Crippen LogP contribution is -2.24. The van der Waals surface area contributed by atoms with Gasteiger partial charge in [-0.05, 0) is 66.6 Å². The highest BCUT2D eigenvalue weighted by Crippen LogP contribution is 2.52. The Bertz CT molecular complexity index is 454. The molecule has 0 aromatic rings. The molecule has 3 atom stereocenters. The zero-order valence-corrected chi connectivity index (χ0v) is 31.0. The summed E-state index contributed by atoms with van der Waals surface area (Å²) in [5.41, 5.74) is 0. The summed E-state index contributed by atoms with van der Waals surface area (Å²) in [5, 5.41) is 0. The van der Waals surface area contributed by atoms with Crippen molar-refractivity contribution in [3.05, 3.63) is 0 Å². The summed E-state index contributed by atoms with van der Waals surface area (Å²) >= 11 is 0. The highest BCUT2D eigenvalue weighted by Gasteiger charge is 2.43. The minimum Gasteiger partial charge on any atom is -0.395 e. The maximum absolute atomic E-state index is 9.96. The molecule has 0 heterocycles. The number of hydrogen-bond acceptors (Lipinski definition) is 3. The SMILES string of the molecule is C.CC.CC1C2CCC1C2.CCC(=O)OC=O.CCC(C)C.CCC(C)C(C)C.CCC(C)CC.CCC(C)CC. The van der Waals surface area contributed by atoms with Crippen LogP contribution in [0.25, 0.3) is 0 Å². The van der Waals surface area contributed by atoms with Crippen LogP contribution in [0.2, 0.25) is 0 Å². The van der Waals surface area contributed by atoms with Crippen LogP contribution < -0.4 is 0 Å². The number of rotatable bonds is 9. The molecule has 0 spiro atoms. The van der Waals surface area contributed by atoms with Crippen molar-refractivity contribution in [2.75, 3.05) is 0 Å². The fourth-order valence-electron chi connectivity index (χ4n) is 3.38. The van der Waals surface area contributed by atoms with E-state index >= 15 is 0 Å². The summed E-state index contributed by atoms with van der Waals surface area (Å²) in [7, 11) is 0. The first kappa shape index (κ1) is 52.8. The van der Waals surface area contributed by atoms with Gasteiger partial charge in [-0.15, -0.1) is 0 Å². The van der Waals surface area contributed by atoms with Crippen molar-refractivity contribution < 1.29 is 14.3 Å². The Morgan fingerprint density at radius 3 is 1.10 bits per heavy atom. The van der Waals surface area contributed by atoms with Crippen molar-refractivity contribution in [2.45, 2.75) is 189 Å². The second kappa shape index (κ2) is 39.1. The van der Waals surface area contributed by atoms with Gasteiger partial charge in [-0.3, -0.25) is 9.59 Å². The Hall–Kier alpha value is -0.860. The molecule has 254 valence electrons. The molecule has 2 bridgehead atoms. The monoisotopic (exact) mass is 589 g/mol. The van der Waals surface area contributed by atoms with Crippen molar-refractivity contribution in [1.29, 1.82) is 0 Å². The Balaban J connectivity index is -0.0000000884. The van der Waals surface area contributed by atoms with Gasteiger partial charge in [0.15, 0.2) is 0 Å². The zero-order chi connectivity index (χ0) is 32.7.